The van der Waals surface area contributed by atoms with Crippen molar-refractivity contribution in [3.63, 3.8) is 0 Å². The third-order valence-electron chi connectivity index (χ3n) is 3.53. The molecule has 0 unspecified atom stereocenters. The molecule has 0 spiro atoms. The van der Waals surface area contributed by atoms with Gasteiger partial charge in [0, 0.05) is 24.1 Å². The number of pyridine rings is 1. The molecule has 0 fully saturated rings. The van der Waals surface area contributed by atoms with Crippen LogP contribution in [0, 0.1) is 10.1 Å². The summed E-state index contributed by atoms with van der Waals surface area (Å²) in [5, 5.41) is 14.4. The molecule has 0 saturated heterocycles. The Labute approximate surface area is 142 Å². The van der Waals surface area contributed by atoms with Crippen LogP contribution in [0.5, 0.6) is 0 Å². The number of non-ortho nitro benzene ring substituents is 1. The normalized spacial score (nSPS) is 10.5. The largest absolute Gasteiger partial charge is 0.348 e. The standard InChI is InChI=1S/C17H12ClN3O3/c18-16-9-14(13-3-1-2-4-15(13)20-16)17(22)19-10-11-5-7-12(8-6-11)21(23)24/h1-9H,10H2,(H,19,22). The van der Waals surface area contributed by atoms with E-state index in [2.05, 4.69) is 10.3 Å². The summed E-state index contributed by atoms with van der Waals surface area (Å²) in [6, 6.07) is 14.8. The maximum absolute atomic E-state index is 12.5. The van der Waals surface area contributed by atoms with E-state index in [-0.39, 0.29) is 23.3 Å². The predicted molar refractivity (Wildman–Crippen MR) is 91.0 cm³/mol. The van der Waals surface area contributed by atoms with E-state index in [1.165, 1.54) is 18.2 Å². The summed E-state index contributed by atoms with van der Waals surface area (Å²) in [6.45, 7) is 0.255. The van der Waals surface area contributed by atoms with Gasteiger partial charge >= 0.3 is 0 Å². The van der Waals surface area contributed by atoms with Crippen molar-refractivity contribution >= 4 is 34.1 Å². The van der Waals surface area contributed by atoms with Gasteiger partial charge in [-0.2, -0.15) is 0 Å². The van der Waals surface area contributed by atoms with Crippen LogP contribution < -0.4 is 5.32 Å². The summed E-state index contributed by atoms with van der Waals surface area (Å²) >= 11 is 5.98. The minimum absolute atomic E-state index is 0.0111. The molecule has 0 aliphatic rings. The maximum atomic E-state index is 12.5. The maximum Gasteiger partial charge on any atom is 0.269 e. The van der Waals surface area contributed by atoms with Gasteiger partial charge in [0.15, 0.2) is 0 Å². The number of hydrogen-bond acceptors (Lipinski definition) is 4. The van der Waals surface area contributed by atoms with E-state index in [0.29, 0.717) is 16.5 Å². The number of aromatic nitrogens is 1. The summed E-state index contributed by atoms with van der Waals surface area (Å²) in [7, 11) is 0. The lowest BCUT2D eigenvalue weighted by Crippen LogP contribution is -2.23. The molecule has 1 N–H and O–H groups in total. The van der Waals surface area contributed by atoms with Crippen molar-refractivity contribution in [2.24, 2.45) is 0 Å². The number of nitro groups is 1. The van der Waals surface area contributed by atoms with Gasteiger partial charge in [-0.3, -0.25) is 14.9 Å². The Balaban J connectivity index is 1.79. The van der Waals surface area contributed by atoms with Gasteiger partial charge in [0.25, 0.3) is 11.6 Å². The molecule has 0 aliphatic carbocycles. The number of carbonyl (C=O) groups excluding carboxylic acids is 1. The quantitative estimate of drug-likeness (QED) is 0.445. The van der Waals surface area contributed by atoms with E-state index in [0.717, 1.165) is 5.56 Å². The number of hydrogen-bond donors (Lipinski definition) is 1. The third-order valence-corrected chi connectivity index (χ3v) is 3.72. The highest BCUT2D eigenvalue weighted by Crippen LogP contribution is 2.21. The average molecular weight is 342 g/mol. The van der Waals surface area contributed by atoms with E-state index in [4.69, 9.17) is 11.6 Å². The molecule has 3 aromatic rings. The number of para-hydroxylation sites is 1. The minimum atomic E-state index is -0.465. The zero-order chi connectivity index (χ0) is 17.1. The third kappa shape index (κ3) is 3.33. The molecule has 1 amide bonds. The Morgan fingerprint density at radius 2 is 1.88 bits per heavy atom. The molecule has 7 heteroatoms. The molecular weight excluding hydrogens is 330 g/mol. The lowest BCUT2D eigenvalue weighted by Gasteiger charge is -2.08. The van der Waals surface area contributed by atoms with E-state index in [1.807, 2.05) is 12.1 Å². The Morgan fingerprint density at radius 1 is 1.17 bits per heavy atom. The Hall–Kier alpha value is -2.99. The van der Waals surface area contributed by atoms with Crippen LogP contribution in [0.2, 0.25) is 5.15 Å². The average Bonchev–Trinajstić information content (AvgIpc) is 2.59. The van der Waals surface area contributed by atoms with Gasteiger partial charge in [0.1, 0.15) is 5.15 Å². The zero-order valence-corrected chi connectivity index (χ0v) is 13.2. The smallest absolute Gasteiger partial charge is 0.269 e. The summed E-state index contributed by atoms with van der Waals surface area (Å²) in [6.07, 6.45) is 0. The molecule has 120 valence electrons. The molecule has 0 saturated carbocycles. The molecule has 0 radical (unpaired) electrons. The molecule has 6 nitrogen and oxygen atoms in total. The highest BCUT2D eigenvalue weighted by Gasteiger charge is 2.12. The van der Waals surface area contributed by atoms with Crippen LogP contribution in [0.15, 0.2) is 54.6 Å². The van der Waals surface area contributed by atoms with Gasteiger partial charge in [-0.25, -0.2) is 4.98 Å². The van der Waals surface area contributed by atoms with E-state index in [1.54, 1.807) is 24.3 Å². The Kier molecular flexibility index (Phi) is 4.39. The summed E-state index contributed by atoms with van der Waals surface area (Å²) in [5.74, 6) is -0.283. The zero-order valence-electron chi connectivity index (χ0n) is 12.4. The Morgan fingerprint density at radius 3 is 2.58 bits per heavy atom. The van der Waals surface area contributed by atoms with Crippen LogP contribution in [-0.2, 0) is 6.54 Å². The number of rotatable bonds is 4. The van der Waals surface area contributed by atoms with Crippen molar-refractivity contribution in [3.05, 3.63) is 81.0 Å². The van der Waals surface area contributed by atoms with Gasteiger partial charge in [0.05, 0.1) is 16.0 Å². The van der Waals surface area contributed by atoms with Crippen molar-refractivity contribution in [3.8, 4) is 0 Å². The fourth-order valence-electron chi connectivity index (χ4n) is 2.34. The number of amides is 1. The summed E-state index contributed by atoms with van der Waals surface area (Å²) < 4.78 is 0. The number of nitrogens with one attached hydrogen (secondary N) is 1. The SMILES string of the molecule is O=C(NCc1ccc([N+](=O)[O-])cc1)c1cc(Cl)nc2ccccc12. The number of nitro benzene ring substituents is 1. The van der Waals surface area contributed by atoms with Crippen molar-refractivity contribution in [2.75, 3.05) is 0 Å². The molecule has 3 rings (SSSR count). The van der Waals surface area contributed by atoms with Crippen LogP contribution in [0.3, 0.4) is 0 Å². The molecule has 1 aromatic heterocycles. The monoisotopic (exact) mass is 341 g/mol. The first-order chi connectivity index (χ1) is 11.5. The first-order valence-electron chi connectivity index (χ1n) is 7.11. The van der Waals surface area contributed by atoms with E-state index < -0.39 is 4.92 Å². The van der Waals surface area contributed by atoms with Crippen LogP contribution in [0.4, 0.5) is 5.69 Å². The van der Waals surface area contributed by atoms with Crippen LogP contribution in [-0.4, -0.2) is 15.8 Å². The summed E-state index contributed by atoms with van der Waals surface area (Å²) in [4.78, 5) is 26.8. The Bertz CT molecular complexity index is 926. The molecule has 24 heavy (non-hydrogen) atoms. The second-order valence-corrected chi connectivity index (χ2v) is 5.50. The van der Waals surface area contributed by atoms with Crippen molar-refractivity contribution in [2.45, 2.75) is 6.54 Å². The van der Waals surface area contributed by atoms with Crippen LogP contribution in [0.1, 0.15) is 15.9 Å². The van der Waals surface area contributed by atoms with Gasteiger partial charge in [-0.1, -0.05) is 41.9 Å². The molecule has 0 aliphatic heterocycles. The highest BCUT2D eigenvalue weighted by molar-refractivity contribution is 6.30. The molecule has 0 bridgehead atoms. The first-order valence-corrected chi connectivity index (χ1v) is 7.49. The molecule has 2 aromatic carbocycles. The van der Waals surface area contributed by atoms with Crippen molar-refractivity contribution in [1.29, 1.82) is 0 Å². The van der Waals surface area contributed by atoms with Crippen LogP contribution in [0.25, 0.3) is 10.9 Å². The molecular formula is C17H12ClN3O3. The summed E-state index contributed by atoms with van der Waals surface area (Å²) in [5.41, 5.74) is 1.85. The van der Waals surface area contributed by atoms with Gasteiger partial charge in [0.2, 0.25) is 0 Å². The fourth-order valence-corrected chi connectivity index (χ4v) is 2.54. The van der Waals surface area contributed by atoms with Gasteiger partial charge in [-0.15, -0.1) is 0 Å². The lowest BCUT2D eigenvalue weighted by atomic mass is 10.1. The molecule has 1 heterocycles. The fraction of sp³-hybridized carbons (Fsp3) is 0.0588. The first kappa shape index (κ1) is 15.9. The van der Waals surface area contributed by atoms with Gasteiger partial charge in [-0.05, 0) is 17.7 Å². The van der Waals surface area contributed by atoms with Gasteiger partial charge < -0.3 is 5.32 Å². The second-order valence-electron chi connectivity index (χ2n) is 5.12. The number of halogens is 1. The number of carbonyl (C=O) groups is 1. The van der Waals surface area contributed by atoms with E-state index >= 15 is 0 Å². The second kappa shape index (κ2) is 6.64. The van der Waals surface area contributed by atoms with Crippen molar-refractivity contribution < 1.29 is 9.72 Å². The van der Waals surface area contributed by atoms with E-state index in [9.17, 15) is 14.9 Å². The number of nitrogens with zero attached hydrogens (tertiary/aromatic N) is 2. The number of fused-ring (bicyclic) bond motifs is 1. The highest BCUT2D eigenvalue weighted by atomic mass is 35.5. The van der Waals surface area contributed by atoms with Crippen LogP contribution >= 0.6 is 11.6 Å². The van der Waals surface area contributed by atoms with Crippen molar-refractivity contribution in [1.82, 2.24) is 10.3 Å². The topological polar surface area (TPSA) is 85.1 Å². The molecule has 0 atom stereocenters. The minimum Gasteiger partial charge on any atom is -0.348 e. The number of benzene rings is 2. The predicted octanol–water partition coefficient (Wildman–Crippen LogP) is 3.73. The lowest BCUT2D eigenvalue weighted by molar-refractivity contribution is -0.384.